The SMILES string of the molecule is CC1CC(N2CCC2)CCN1. The van der Waals surface area contributed by atoms with Gasteiger partial charge in [0.15, 0.2) is 0 Å². The monoisotopic (exact) mass is 154 g/mol. The molecule has 2 atom stereocenters. The summed E-state index contributed by atoms with van der Waals surface area (Å²) in [5.74, 6) is 0. The molecule has 11 heavy (non-hydrogen) atoms. The molecule has 2 nitrogen and oxygen atoms in total. The van der Waals surface area contributed by atoms with Gasteiger partial charge in [-0.1, -0.05) is 0 Å². The van der Waals surface area contributed by atoms with E-state index in [0.29, 0.717) is 0 Å². The molecular weight excluding hydrogens is 136 g/mol. The first kappa shape index (κ1) is 7.56. The molecule has 2 aliphatic rings. The van der Waals surface area contributed by atoms with E-state index in [1.54, 1.807) is 0 Å². The maximum Gasteiger partial charge on any atom is 0.0122 e. The van der Waals surface area contributed by atoms with Gasteiger partial charge in [-0.05, 0) is 45.8 Å². The van der Waals surface area contributed by atoms with Crippen LogP contribution in [0.1, 0.15) is 26.2 Å². The van der Waals surface area contributed by atoms with Crippen molar-refractivity contribution in [3.05, 3.63) is 0 Å². The third kappa shape index (κ3) is 1.57. The molecule has 2 saturated heterocycles. The Hall–Kier alpha value is -0.0800. The van der Waals surface area contributed by atoms with Crippen LogP contribution in [0.2, 0.25) is 0 Å². The topological polar surface area (TPSA) is 15.3 Å². The molecule has 0 saturated carbocycles. The first-order valence-electron chi connectivity index (χ1n) is 4.83. The molecule has 0 amide bonds. The first-order valence-corrected chi connectivity index (χ1v) is 4.83. The predicted octanol–water partition coefficient (Wildman–Crippen LogP) is 0.833. The highest BCUT2D eigenvalue weighted by Crippen LogP contribution is 2.20. The van der Waals surface area contributed by atoms with Crippen molar-refractivity contribution in [1.29, 1.82) is 0 Å². The summed E-state index contributed by atoms with van der Waals surface area (Å²) in [4.78, 5) is 2.64. The second kappa shape index (κ2) is 3.11. The second-order valence-corrected chi connectivity index (χ2v) is 3.92. The van der Waals surface area contributed by atoms with Crippen LogP contribution >= 0.6 is 0 Å². The van der Waals surface area contributed by atoms with E-state index in [1.807, 2.05) is 0 Å². The Kier molecular flexibility index (Phi) is 2.14. The number of hydrogen-bond acceptors (Lipinski definition) is 2. The fourth-order valence-corrected chi connectivity index (χ4v) is 2.14. The molecule has 0 bridgehead atoms. The Morgan fingerprint density at radius 3 is 2.73 bits per heavy atom. The number of nitrogens with one attached hydrogen (secondary N) is 1. The Balaban J connectivity index is 1.82. The zero-order chi connectivity index (χ0) is 7.68. The quantitative estimate of drug-likeness (QED) is 0.602. The molecule has 2 aliphatic heterocycles. The molecule has 2 fully saturated rings. The summed E-state index contributed by atoms with van der Waals surface area (Å²) in [5, 5.41) is 3.49. The minimum atomic E-state index is 0.745. The Labute approximate surface area is 69.0 Å². The van der Waals surface area contributed by atoms with Gasteiger partial charge in [-0.3, -0.25) is 0 Å². The normalized spacial score (nSPS) is 40.1. The van der Waals surface area contributed by atoms with Crippen molar-refractivity contribution in [2.75, 3.05) is 19.6 Å². The van der Waals surface area contributed by atoms with E-state index in [2.05, 4.69) is 17.1 Å². The van der Waals surface area contributed by atoms with Gasteiger partial charge in [0.25, 0.3) is 0 Å². The number of piperidine rings is 1. The zero-order valence-corrected chi connectivity index (χ0v) is 7.34. The number of nitrogens with zero attached hydrogens (tertiary/aromatic N) is 1. The molecule has 0 aromatic heterocycles. The highest BCUT2D eigenvalue weighted by atomic mass is 15.2. The summed E-state index contributed by atoms with van der Waals surface area (Å²) < 4.78 is 0. The lowest BCUT2D eigenvalue weighted by Gasteiger charge is -2.42. The summed E-state index contributed by atoms with van der Waals surface area (Å²) >= 11 is 0. The van der Waals surface area contributed by atoms with Crippen molar-refractivity contribution >= 4 is 0 Å². The van der Waals surface area contributed by atoms with Gasteiger partial charge in [0, 0.05) is 12.1 Å². The van der Waals surface area contributed by atoms with Crippen LogP contribution in [-0.4, -0.2) is 36.6 Å². The molecule has 1 N–H and O–H groups in total. The molecule has 64 valence electrons. The third-order valence-corrected chi connectivity index (χ3v) is 3.00. The Morgan fingerprint density at radius 1 is 1.36 bits per heavy atom. The van der Waals surface area contributed by atoms with Crippen molar-refractivity contribution in [3.8, 4) is 0 Å². The number of hydrogen-bond donors (Lipinski definition) is 1. The van der Waals surface area contributed by atoms with Gasteiger partial charge in [0.05, 0.1) is 0 Å². The second-order valence-electron chi connectivity index (χ2n) is 3.92. The average Bonchev–Trinajstić information content (AvgIpc) is 1.83. The van der Waals surface area contributed by atoms with Crippen LogP contribution < -0.4 is 5.32 Å². The van der Waals surface area contributed by atoms with Crippen molar-refractivity contribution in [2.24, 2.45) is 0 Å². The number of rotatable bonds is 1. The molecule has 2 rings (SSSR count). The van der Waals surface area contributed by atoms with E-state index in [-0.39, 0.29) is 0 Å². The van der Waals surface area contributed by atoms with E-state index in [9.17, 15) is 0 Å². The van der Waals surface area contributed by atoms with Crippen LogP contribution in [0.25, 0.3) is 0 Å². The van der Waals surface area contributed by atoms with Gasteiger partial charge in [-0.2, -0.15) is 0 Å². The largest absolute Gasteiger partial charge is 0.314 e. The predicted molar refractivity (Wildman–Crippen MR) is 46.7 cm³/mol. The van der Waals surface area contributed by atoms with E-state index in [0.717, 1.165) is 12.1 Å². The maximum atomic E-state index is 3.49. The highest BCUT2D eigenvalue weighted by Gasteiger charge is 2.27. The molecule has 2 heteroatoms. The van der Waals surface area contributed by atoms with Gasteiger partial charge in [-0.15, -0.1) is 0 Å². The van der Waals surface area contributed by atoms with Crippen LogP contribution in [-0.2, 0) is 0 Å². The summed E-state index contributed by atoms with van der Waals surface area (Å²) in [6.45, 7) is 6.24. The summed E-state index contributed by atoms with van der Waals surface area (Å²) in [6.07, 6.45) is 4.16. The van der Waals surface area contributed by atoms with Crippen molar-refractivity contribution in [1.82, 2.24) is 10.2 Å². The molecular formula is C9H18N2. The third-order valence-electron chi connectivity index (χ3n) is 3.00. The maximum absolute atomic E-state index is 3.49. The van der Waals surface area contributed by atoms with Gasteiger partial charge >= 0.3 is 0 Å². The van der Waals surface area contributed by atoms with E-state index in [4.69, 9.17) is 0 Å². The molecule has 0 aliphatic carbocycles. The van der Waals surface area contributed by atoms with Crippen LogP contribution in [0, 0.1) is 0 Å². The standard InChI is InChI=1S/C9H18N2/c1-8-7-9(3-4-10-8)11-5-2-6-11/h8-10H,2-7H2,1H3. The van der Waals surface area contributed by atoms with Crippen LogP contribution in [0.15, 0.2) is 0 Å². The summed E-state index contributed by atoms with van der Waals surface area (Å²) in [6, 6.07) is 1.65. The lowest BCUT2D eigenvalue weighted by molar-refractivity contribution is 0.0858. The van der Waals surface area contributed by atoms with Crippen LogP contribution in [0.4, 0.5) is 0 Å². The lowest BCUT2D eigenvalue weighted by Crippen LogP contribution is -2.51. The lowest BCUT2D eigenvalue weighted by atomic mass is 9.96. The van der Waals surface area contributed by atoms with Gasteiger partial charge in [-0.25, -0.2) is 0 Å². The molecule has 0 radical (unpaired) electrons. The Bertz CT molecular complexity index is 132. The average molecular weight is 154 g/mol. The molecule has 2 heterocycles. The molecule has 0 spiro atoms. The number of likely N-dealkylation sites (tertiary alicyclic amines) is 1. The minimum absolute atomic E-state index is 0.745. The Morgan fingerprint density at radius 2 is 2.18 bits per heavy atom. The first-order chi connectivity index (χ1) is 5.36. The van der Waals surface area contributed by atoms with E-state index < -0.39 is 0 Å². The molecule has 0 aromatic carbocycles. The van der Waals surface area contributed by atoms with E-state index >= 15 is 0 Å². The van der Waals surface area contributed by atoms with E-state index in [1.165, 1.54) is 38.9 Å². The zero-order valence-electron chi connectivity index (χ0n) is 7.34. The van der Waals surface area contributed by atoms with Gasteiger partial charge in [0.2, 0.25) is 0 Å². The summed E-state index contributed by atoms with van der Waals surface area (Å²) in [5.41, 5.74) is 0. The minimum Gasteiger partial charge on any atom is -0.314 e. The smallest absolute Gasteiger partial charge is 0.0122 e. The van der Waals surface area contributed by atoms with Gasteiger partial charge in [0.1, 0.15) is 0 Å². The highest BCUT2D eigenvalue weighted by molar-refractivity contribution is 4.85. The van der Waals surface area contributed by atoms with Crippen molar-refractivity contribution in [2.45, 2.75) is 38.3 Å². The fraction of sp³-hybridized carbons (Fsp3) is 1.00. The molecule has 0 aromatic rings. The molecule has 2 unspecified atom stereocenters. The fourth-order valence-electron chi connectivity index (χ4n) is 2.14. The van der Waals surface area contributed by atoms with Crippen molar-refractivity contribution < 1.29 is 0 Å². The van der Waals surface area contributed by atoms with Crippen molar-refractivity contribution in [3.63, 3.8) is 0 Å². The van der Waals surface area contributed by atoms with Crippen LogP contribution in [0.5, 0.6) is 0 Å². The van der Waals surface area contributed by atoms with Crippen LogP contribution in [0.3, 0.4) is 0 Å². The summed E-state index contributed by atoms with van der Waals surface area (Å²) in [7, 11) is 0. The van der Waals surface area contributed by atoms with Gasteiger partial charge < -0.3 is 10.2 Å².